The number of hydrogen-bond donors (Lipinski definition) is 0. The molecule has 0 aliphatic rings. The van der Waals surface area contributed by atoms with Crippen molar-refractivity contribution in [2.45, 2.75) is 0 Å². The van der Waals surface area contributed by atoms with Crippen molar-refractivity contribution in [1.29, 1.82) is 0 Å². The normalized spacial score (nSPS) is 10.2. The molecule has 0 N–H and O–H groups in total. The number of aromatic nitrogens is 2. The van der Waals surface area contributed by atoms with E-state index in [1.807, 2.05) is 24.3 Å². The zero-order valence-electron chi connectivity index (χ0n) is 11.6. The summed E-state index contributed by atoms with van der Waals surface area (Å²) in [7, 11) is 0. The summed E-state index contributed by atoms with van der Waals surface area (Å²) in [6.45, 7) is 0. The third-order valence-electron chi connectivity index (χ3n) is 3.46. The molecule has 0 atom stereocenters. The fourth-order valence-corrected chi connectivity index (χ4v) is 2.39. The first-order valence-electron chi connectivity index (χ1n) is 6.72. The molecule has 0 spiro atoms. The molecule has 2 heterocycles. The molecule has 0 amide bonds. The zero-order chi connectivity index (χ0) is 15.4. The van der Waals surface area contributed by atoms with Crippen molar-refractivity contribution >= 4 is 12.6 Å². The van der Waals surface area contributed by atoms with Gasteiger partial charge in [0.1, 0.15) is 0 Å². The van der Waals surface area contributed by atoms with E-state index in [-0.39, 0.29) is 0 Å². The SMILES string of the molecule is O=Cc1cc(-c2ccncc2)c(C=O)cc1-c1ccncc1. The maximum atomic E-state index is 11.5. The van der Waals surface area contributed by atoms with Crippen LogP contribution in [0.1, 0.15) is 20.7 Å². The zero-order valence-corrected chi connectivity index (χ0v) is 11.6. The topological polar surface area (TPSA) is 59.9 Å². The van der Waals surface area contributed by atoms with Crippen LogP contribution in [-0.4, -0.2) is 22.5 Å². The molecule has 0 saturated heterocycles. The Morgan fingerprint density at radius 3 is 1.32 bits per heavy atom. The summed E-state index contributed by atoms with van der Waals surface area (Å²) in [4.78, 5) is 30.9. The summed E-state index contributed by atoms with van der Waals surface area (Å²) in [6.07, 6.45) is 8.22. The van der Waals surface area contributed by atoms with Crippen molar-refractivity contribution in [3.8, 4) is 22.3 Å². The van der Waals surface area contributed by atoms with Gasteiger partial charge in [0, 0.05) is 35.9 Å². The van der Waals surface area contributed by atoms with Crippen LogP contribution >= 0.6 is 0 Å². The minimum absolute atomic E-state index is 0.531. The largest absolute Gasteiger partial charge is 0.298 e. The number of aldehydes is 2. The lowest BCUT2D eigenvalue weighted by atomic mass is 9.92. The Bertz CT molecular complexity index is 744. The summed E-state index contributed by atoms with van der Waals surface area (Å²) in [6, 6.07) is 10.7. The monoisotopic (exact) mass is 288 g/mol. The van der Waals surface area contributed by atoms with Gasteiger partial charge in [-0.25, -0.2) is 0 Å². The van der Waals surface area contributed by atoms with E-state index in [1.54, 1.807) is 36.9 Å². The van der Waals surface area contributed by atoms with Crippen LogP contribution < -0.4 is 0 Å². The highest BCUT2D eigenvalue weighted by molar-refractivity contribution is 5.97. The van der Waals surface area contributed by atoms with Crippen molar-refractivity contribution in [2.75, 3.05) is 0 Å². The molecule has 0 fully saturated rings. The van der Waals surface area contributed by atoms with Crippen molar-refractivity contribution in [2.24, 2.45) is 0 Å². The molecule has 106 valence electrons. The standard InChI is InChI=1S/C18H12N2O2/c21-11-15-10-18(14-3-7-20-8-4-14)16(12-22)9-17(15)13-1-5-19-6-2-13/h1-12H. The third kappa shape index (κ3) is 2.54. The molecule has 0 unspecified atom stereocenters. The van der Waals surface area contributed by atoms with Gasteiger partial charge >= 0.3 is 0 Å². The van der Waals surface area contributed by atoms with Gasteiger partial charge in [-0.05, 0) is 58.7 Å². The summed E-state index contributed by atoms with van der Waals surface area (Å²) in [5.41, 5.74) is 4.20. The van der Waals surface area contributed by atoms with Gasteiger partial charge in [-0.1, -0.05) is 0 Å². The predicted octanol–water partition coefficient (Wildman–Crippen LogP) is 3.44. The van der Waals surface area contributed by atoms with Crippen molar-refractivity contribution in [3.05, 3.63) is 72.3 Å². The molecule has 2 aromatic heterocycles. The Kier molecular flexibility index (Phi) is 3.83. The van der Waals surface area contributed by atoms with Gasteiger partial charge < -0.3 is 0 Å². The first-order chi connectivity index (χ1) is 10.8. The molecule has 0 aliphatic heterocycles. The Morgan fingerprint density at radius 1 is 0.636 bits per heavy atom. The lowest BCUT2D eigenvalue weighted by Gasteiger charge is -2.11. The van der Waals surface area contributed by atoms with Crippen LogP contribution in [0.4, 0.5) is 0 Å². The minimum atomic E-state index is 0.531. The van der Waals surface area contributed by atoms with E-state index in [0.29, 0.717) is 11.1 Å². The average molecular weight is 288 g/mol. The summed E-state index contributed by atoms with van der Waals surface area (Å²) >= 11 is 0. The third-order valence-corrected chi connectivity index (χ3v) is 3.46. The minimum Gasteiger partial charge on any atom is -0.298 e. The van der Waals surface area contributed by atoms with Gasteiger partial charge in [0.05, 0.1) is 0 Å². The molecule has 3 aromatic rings. The van der Waals surface area contributed by atoms with Gasteiger partial charge in [0.2, 0.25) is 0 Å². The molecule has 0 bridgehead atoms. The quantitative estimate of drug-likeness (QED) is 0.690. The number of benzene rings is 1. The number of rotatable bonds is 4. The number of carbonyl (C=O) groups excluding carboxylic acids is 2. The lowest BCUT2D eigenvalue weighted by molar-refractivity contribution is 0.111. The Balaban J connectivity index is 2.24. The van der Waals surface area contributed by atoms with Crippen LogP contribution in [0, 0.1) is 0 Å². The molecular weight excluding hydrogens is 276 g/mol. The summed E-state index contributed by atoms with van der Waals surface area (Å²) in [5.74, 6) is 0. The van der Waals surface area contributed by atoms with Gasteiger partial charge in [-0.15, -0.1) is 0 Å². The van der Waals surface area contributed by atoms with Crippen LogP contribution in [0.25, 0.3) is 22.3 Å². The molecular formula is C18H12N2O2. The van der Waals surface area contributed by atoms with E-state index in [4.69, 9.17) is 0 Å². The number of hydrogen-bond acceptors (Lipinski definition) is 4. The predicted molar refractivity (Wildman–Crippen MR) is 83.7 cm³/mol. The van der Waals surface area contributed by atoms with Crippen LogP contribution in [0.3, 0.4) is 0 Å². The lowest BCUT2D eigenvalue weighted by Crippen LogP contribution is -1.95. The van der Waals surface area contributed by atoms with Gasteiger partial charge in [-0.3, -0.25) is 19.6 Å². The molecule has 4 nitrogen and oxygen atoms in total. The van der Waals surface area contributed by atoms with Crippen molar-refractivity contribution < 1.29 is 9.59 Å². The van der Waals surface area contributed by atoms with Crippen LogP contribution in [0.15, 0.2) is 61.2 Å². The van der Waals surface area contributed by atoms with Gasteiger partial charge in [-0.2, -0.15) is 0 Å². The second kappa shape index (κ2) is 6.10. The fourth-order valence-electron chi connectivity index (χ4n) is 2.39. The second-order valence-electron chi connectivity index (χ2n) is 4.73. The van der Waals surface area contributed by atoms with E-state index >= 15 is 0 Å². The highest BCUT2D eigenvalue weighted by Gasteiger charge is 2.12. The molecule has 1 aromatic carbocycles. The second-order valence-corrected chi connectivity index (χ2v) is 4.73. The molecule has 0 radical (unpaired) electrons. The molecule has 22 heavy (non-hydrogen) atoms. The van der Waals surface area contributed by atoms with Crippen molar-refractivity contribution in [3.63, 3.8) is 0 Å². The Morgan fingerprint density at radius 2 is 1.00 bits per heavy atom. The first-order valence-corrected chi connectivity index (χ1v) is 6.72. The van der Waals surface area contributed by atoms with E-state index in [9.17, 15) is 9.59 Å². The van der Waals surface area contributed by atoms with Crippen molar-refractivity contribution in [1.82, 2.24) is 9.97 Å². The summed E-state index contributed by atoms with van der Waals surface area (Å²) < 4.78 is 0. The van der Waals surface area contributed by atoms with Crippen LogP contribution in [0.2, 0.25) is 0 Å². The Labute approximate surface area is 127 Å². The van der Waals surface area contributed by atoms with Gasteiger partial charge in [0.15, 0.2) is 12.6 Å². The fraction of sp³-hybridized carbons (Fsp3) is 0. The molecule has 4 heteroatoms. The maximum absolute atomic E-state index is 11.5. The molecule has 3 rings (SSSR count). The number of nitrogens with zero attached hydrogens (tertiary/aromatic N) is 2. The molecule has 0 aliphatic carbocycles. The highest BCUT2D eigenvalue weighted by atomic mass is 16.1. The van der Waals surface area contributed by atoms with E-state index in [0.717, 1.165) is 34.8 Å². The average Bonchev–Trinajstić information content (AvgIpc) is 2.62. The van der Waals surface area contributed by atoms with E-state index in [1.165, 1.54) is 0 Å². The van der Waals surface area contributed by atoms with Crippen LogP contribution in [0.5, 0.6) is 0 Å². The maximum Gasteiger partial charge on any atom is 0.150 e. The van der Waals surface area contributed by atoms with E-state index < -0.39 is 0 Å². The summed E-state index contributed by atoms with van der Waals surface area (Å²) in [5, 5.41) is 0. The molecule has 0 saturated carbocycles. The van der Waals surface area contributed by atoms with Gasteiger partial charge in [0.25, 0.3) is 0 Å². The first kappa shape index (κ1) is 13.8. The number of pyridine rings is 2. The smallest absolute Gasteiger partial charge is 0.150 e. The Hall–Kier alpha value is -3.14. The van der Waals surface area contributed by atoms with E-state index in [2.05, 4.69) is 9.97 Å². The van der Waals surface area contributed by atoms with Crippen LogP contribution in [-0.2, 0) is 0 Å². The number of carbonyl (C=O) groups is 2. The highest BCUT2D eigenvalue weighted by Crippen LogP contribution is 2.30.